The van der Waals surface area contributed by atoms with Gasteiger partial charge in [-0.2, -0.15) is 0 Å². The van der Waals surface area contributed by atoms with Gasteiger partial charge in [0.2, 0.25) is 0 Å². The number of ether oxygens (including phenoxy) is 1. The molecule has 1 aromatic heterocycles. The minimum absolute atomic E-state index is 0.00594. The first-order valence-corrected chi connectivity index (χ1v) is 12.0. The Morgan fingerprint density at radius 2 is 1.91 bits per heavy atom. The molecule has 7 nitrogen and oxygen atoms in total. The highest BCUT2D eigenvalue weighted by molar-refractivity contribution is 6.32. The number of benzene rings is 2. The number of nitrogens with zero attached hydrogens (tertiary/aromatic N) is 3. The van der Waals surface area contributed by atoms with Crippen molar-refractivity contribution in [1.29, 1.82) is 0 Å². The zero-order valence-electron chi connectivity index (χ0n) is 20.5. The number of aryl methyl sites for hydroxylation is 1. The Labute approximate surface area is 211 Å². The topological polar surface area (TPSA) is 96.9 Å². The molecule has 3 aromatic rings. The number of aliphatic hydroxyl groups is 1. The molecule has 2 N–H and O–H groups in total. The maximum Gasteiger partial charge on any atom is 0.163 e. The summed E-state index contributed by atoms with van der Waals surface area (Å²) in [7, 11) is 1.85. The van der Waals surface area contributed by atoms with Crippen molar-refractivity contribution in [3.05, 3.63) is 70.6 Å². The molecule has 0 amide bonds. The standard InChI is InChI=1S/C27H32ClN3O4/c1-17(2)35-26-10-9-22(15-23(26)28)25(33)14-20(11-12-32)13-19-5-7-21(8-6-19)24-16-31(4)27(29-24)18(3)30-34/h5-10,15-17,20,32,34H,11-14H2,1-4H3/b30-18+/t20-/m1/s1. The first-order chi connectivity index (χ1) is 16.7. The molecule has 0 unspecified atom stereocenters. The third-order valence-electron chi connectivity index (χ3n) is 5.75. The van der Waals surface area contributed by atoms with Crippen molar-refractivity contribution in [2.24, 2.45) is 18.1 Å². The van der Waals surface area contributed by atoms with Gasteiger partial charge in [0.05, 0.1) is 16.8 Å². The number of Topliss-reactive ketones (excluding diaryl/α,β-unsaturated/α-hetero) is 1. The second-order valence-electron chi connectivity index (χ2n) is 8.96. The summed E-state index contributed by atoms with van der Waals surface area (Å²) in [6.07, 6.45) is 3.38. The van der Waals surface area contributed by atoms with Crippen LogP contribution in [0.2, 0.25) is 5.02 Å². The lowest BCUT2D eigenvalue weighted by Gasteiger charge is -2.16. The number of hydrogen-bond acceptors (Lipinski definition) is 6. The van der Waals surface area contributed by atoms with Crippen LogP contribution in [-0.4, -0.2) is 44.1 Å². The molecule has 0 spiro atoms. The molecule has 3 rings (SSSR count). The lowest BCUT2D eigenvalue weighted by Crippen LogP contribution is -2.13. The maximum absolute atomic E-state index is 12.9. The lowest BCUT2D eigenvalue weighted by atomic mass is 9.89. The Kier molecular flexibility index (Phi) is 9.07. The number of oxime groups is 1. The zero-order valence-corrected chi connectivity index (χ0v) is 21.3. The van der Waals surface area contributed by atoms with Crippen LogP contribution in [0.25, 0.3) is 11.3 Å². The van der Waals surface area contributed by atoms with Gasteiger partial charge in [-0.25, -0.2) is 4.98 Å². The van der Waals surface area contributed by atoms with Crippen molar-refractivity contribution >= 4 is 23.1 Å². The number of aromatic nitrogens is 2. The van der Waals surface area contributed by atoms with Crippen LogP contribution in [0, 0.1) is 5.92 Å². The van der Waals surface area contributed by atoms with Crippen LogP contribution < -0.4 is 4.74 Å². The van der Waals surface area contributed by atoms with Crippen LogP contribution >= 0.6 is 11.6 Å². The van der Waals surface area contributed by atoms with Gasteiger partial charge >= 0.3 is 0 Å². The van der Waals surface area contributed by atoms with Crippen molar-refractivity contribution in [3.63, 3.8) is 0 Å². The summed E-state index contributed by atoms with van der Waals surface area (Å²) in [4.78, 5) is 17.5. The van der Waals surface area contributed by atoms with E-state index in [4.69, 9.17) is 21.5 Å². The number of hydrogen-bond donors (Lipinski definition) is 2. The molecule has 8 heteroatoms. The number of carbonyl (C=O) groups is 1. The summed E-state index contributed by atoms with van der Waals surface area (Å²) in [6.45, 7) is 5.55. The number of rotatable bonds is 11. The largest absolute Gasteiger partial charge is 0.489 e. The van der Waals surface area contributed by atoms with E-state index in [1.165, 1.54) is 0 Å². The van der Waals surface area contributed by atoms with Crippen LogP contribution in [0.4, 0.5) is 0 Å². The summed E-state index contributed by atoms with van der Waals surface area (Å²) >= 11 is 6.30. The zero-order chi connectivity index (χ0) is 25.5. The number of aliphatic hydroxyl groups excluding tert-OH is 1. The smallest absolute Gasteiger partial charge is 0.163 e. The molecule has 1 atom stereocenters. The van der Waals surface area contributed by atoms with Gasteiger partial charge in [0, 0.05) is 37.4 Å². The van der Waals surface area contributed by atoms with E-state index < -0.39 is 0 Å². The average Bonchev–Trinajstić information content (AvgIpc) is 3.21. The van der Waals surface area contributed by atoms with Gasteiger partial charge in [-0.15, -0.1) is 0 Å². The van der Waals surface area contributed by atoms with Gasteiger partial charge in [0.1, 0.15) is 11.5 Å². The molecule has 0 fully saturated rings. The third kappa shape index (κ3) is 6.93. The summed E-state index contributed by atoms with van der Waals surface area (Å²) in [5.74, 6) is 1.13. The van der Waals surface area contributed by atoms with Crippen molar-refractivity contribution in [2.75, 3.05) is 6.61 Å². The molecular formula is C27H32ClN3O4. The van der Waals surface area contributed by atoms with Gasteiger partial charge in [-0.05, 0) is 63.3 Å². The number of carbonyl (C=O) groups excluding carboxylic acids is 1. The summed E-state index contributed by atoms with van der Waals surface area (Å²) in [5, 5.41) is 22.2. The van der Waals surface area contributed by atoms with Crippen molar-refractivity contribution in [3.8, 4) is 17.0 Å². The second-order valence-corrected chi connectivity index (χ2v) is 9.37. The van der Waals surface area contributed by atoms with Crippen LogP contribution in [-0.2, 0) is 13.5 Å². The van der Waals surface area contributed by atoms with E-state index in [1.54, 1.807) is 25.1 Å². The van der Waals surface area contributed by atoms with Crippen LogP contribution in [0.3, 0.4) is 0 Å². The molecule has 186 valence electrons. The van der Waals surface area contributed by atoms with E-state index in [1.807, 2.05) is 55.9 Å². The SMILES string of the molecule is C/C(=N\O)c1nc(-c2ccc(C[C@@H](CCO)CC(=O)c3ccc(OC(C)C)c(Cl)c3)cc2)cn1C. The van der Waals surface area contributed by atoms with E-state index in [2.05, 4.69) is 10.1 Å². The fraction of sp³-hybridized carbons (Fsp3) is 0.370. The normalized spacial score (nSPS) is 12.7. The molecule has 0 saturated carbocycles. The Morgan fingerprint density at radius 1 is 1.20 bits per heavy atom. The molecule has 1 heterocycles. The molecule has 2 aromatic carbocycles. The van der Waals surface area contributed by atoms with E-state index >= 15 is 0 Å². The van der Waals surface area contributed by atoms with Gasteiger partial charge in [0.15, 0.2) is 11.6 Å². The van der Waals surface area contributed by atoms with Gasteiger partial charge in [-0.3, -0.25) is 4.79 Å². The highest BCUT2D eigenvalue weighted by atomic mass is 35.5. The van der Waals surface area contributed by atoms with E-state index in [-0.39, 0.29) is 24.4 Å². The minimum atomic E-state index is -0.0139. The molecule has 0 aliphatic carbocycles. The van der Waals surface area contributed by atoms with E-state index in [9.17, 15) is 9.90 Å². The highest BCUT2D eigenvalue weighted by Crippen LogP contribution is 2.28. The first kappa shape index (κ1) is 26.4. The Hall–Kier alpha value is -3.16. The van der Waals surface area contributed by atoms with Crippen molar-refractivity contribution in [2.45, 2.75) is 46.1 Å². The van der Waals surface area contributed by atoms with Crippen molar-refractivity contribution < 1.29 is 19.8 Å². The number of imidazole rings is 1. The minimum Gasteiger partial charge on any atom is -0.489 e. The van der Waals surface area contributed by atoms with Crippen LogP contribution in [0.1, 0.15) is 55.4 Å². The van der Waals surface area contributed by atoms with Gasteiger partial charge in [0.25, 0.3) is 0 Å². The Bertz CT molecular complexity index is 1190. The predicted octanol–water partition coefficient (Wildman–Crippen LogP) is 5.54. The highest BCUT2D eigenvalue weighted by Gasteiger charge is 2.18. The maximum atomic E-state index is 12.9. The molecule has 35 heavy (non-hydrogen) atoms. The van der Waals surface area contributed by atoms with E-state index in [0.717, 1.165) is 16.8 Å². The van der Waals surface area contributed by atoms with Gasteiger partial charge < -0.3 is 19.6 Å². The van der Waals surface area contributed by atoms with Crippen molar-refractivity contribution in [1.82, 2.24) is 9.55 Å². The van der Waals surface area contributed by atoms with Crippen LogP contribution in [0.15, 0.2) is 53.8 Å². The average molecular weight is 498 g/mol. The number of halogens is 1. The predicted molar refractivity (Wildman–Crippen MR) is 138 cm³/mol. The monoisotopic (exact) mass is 497 g/mol. The quantitative estimate of drug-likeness (QED) is 0.157. The molecule has 0 saturated heterocycles. The molecular weight excluding hydrogens is 466 g/mol. The van der Waals surface area contributed by atoms with Crippen LogP contribution in [0.5, 0.6) is 5.75 Å². The Morgan fingerprint density at radius 3 is 2.51 bits per heavy atom. The Balaban J connectivity index is 1.69. The summed E-state index contributed by atoms with van der Waals surface area (Å²) < 4.78 is 7.46. The van der Waals surface area contributed by atoms with E-state index in [0.29, 0.717) is 47.1 Å². The summed E-state index contributed by atoms with van der Waals surface area (Å²) in [6, 6.07) is 13.1. The number of ketones is 1. The lowest BCUT2D eigenvalue weighted by molar-refractivity contribution is 0.0953. The molecule has 0 radical (unpaired) electrons. The van der Waals surface area contributed by atoms with Gasteiger partial charge in [-0.1, -0.05) is 41.0 Å². The fourth-order valence-electron chi connectivity index (χ4n) is 3.99. The molecule has 0 aliphatic rings. The second kappa shape index (κ2) is 12.0. The molecule has 0 bridgehead atoms. The molecule has 0 aliphatic heterocycles. The third-order valence-corrected chi connectivity index (χ3v) is 6.05. The fourth-order valence-corrected chi connectivity index (χ4v) is 4.22. The summed E-state index contributed by atoms with van der Waals surface area (Å²) in [5.41, 5.74) is 3.77. The first-order valence-electron chi connectivity index (χ1n) is 11.6.